The van der Waals surface area contributed by atoms with Crippen molar-refractivity contribution in [2.75, 3.05) is 13.7 Å². The number of alkyl halides is 2. The minimum atomic E-state index is -3.24. The van der Waals surface area contributed by atoms with Crippen molar-refractivity contribution in [3.05, 3.63) is 83.3 Å². The topological polar surface area (TPSA) is 129 Å². The number of halogens is 2. The van der Waals surface area contributed by atoms with Crippen molar-refractivity contribution in [3.8, 4) is 33.5 Å². The predicted molar refractivity (Wildman–Crippen MR) is 220 cm³/mol. The van der Waals surface area contributed by atoms with Crippen LogP contribution in [0.5, 0.6) is 0 Å². The van der Waals surface area contributed by atoms with Crippen molar-refractivity contribution in [1.82, 2.24) is 25.1 Å². The molecule has 3 aromatic carbocycles. The molecule has 0 spiro atoms. The molecule has 1 saturated carbocycles. The summed E-state index contributed by atoms with van der Waals surface area (Å²) in [6, 6.07) is 15.3. The van der Waals surface area contributed by atoms with Gasteiger partial charge in [-0.05, 0) is 117 Å². The number of aromatic nitrogens is 2. The summed E-state index contributed by atoms with van der Waals surface area (Å²) < 4.78 is 43.6. The molecule has 5 atom stereocenters. The highest BCUT2D eigenvalue weighted by Gasteiger charge is 2.52. The molecule has 11 nitrogen and oxygen atoms in total. The summed E-state index contributed by atoms with van der Waals surface area (Å²) in [6.07, 6.45) is 5.69. The third kappa shape index (κ3) is 6.76. The van der Waals surface area contributed by atoms with Gasteiger partial charge in [-0.25, -0.2) is 14.6 Å². The van der Waals surface area contributed by atoms with E-state index in [1.54, 1.807) is 29.3 Å². The quantitative estimate of drug-likeness (QED) is 0.192. The summed E-state index contributed by atoms with van der Waals surface area (Å²) in [5, 5.41) is 2.66. The van der Waals surface area contributed by atoms with E-state index < -0.39 is 23.7 Å². The van der Waals surface area contributed by atoms with Crippen LogP contribution in [0.15, 0.2) is 65.8 Å². The second-order valence-corrected chi connectivity index (χ2v) is 18.0. The lowest BCUT2D eigenvalue weighted by Crippen LogP contribution is -2.51. The molecule has 59 heavy (non-hydrogen) atoms. The van der Waals surface area contributed by atoms with Gasteiger partial charge in [0.2, 0.25) is 5.91 Å². The zero-order valence-electron chi connectivity index (χ0n) is 34.3. The third-order valence-corrected chi connectivity index (χ3v) is 12.7. The van der Waals surface area contributed by atoms with Gasteiger partial charge in [0.05, 0.1) is 36.8 Å². The average molecular weight is 805 g/mol. The van der Waals surface area contributed by atoms with Crippen molar-refractivity contribution in [2.24, 2.45) is 16.8 Å². The number of carbonyl (C=O) groups is 3. The van der Waals surface area contributed by atoms with Crippen LogP contribution in [-0.4, -0.2) is 81.0 Å². The van der Waals surface area contributed by atoms with E-state index in [1.807, 2.05) is 69.9 Å². The normalized spacial score (nSPS) is 22.9. The fourth-order valence-corrected chi connectivity index (χ4v) is 9.99. The number of likely N-dealkylation sites (tertiary alicyclic amines) is 2. The van der Waals surface area contributed by atoms with Gasteiger partial charge >= 0.3 is 12.2 Å². The Kier molecular flexibility index (Phi) is 9.43. The van der Waals surface area contributed by atoms with Crippen molar-refractivity contribution in [2.45, 2.75) is 109 Å². The number of amides is 3. The van der Waals surface area contributed by atoms with Crippen LogP contribution in [-0.2, 0) is 26.6 Å². The lowest BCUT2D eigenvalue weighted by molar-refractivity contribution is -0.135. The first kappa shape index (κ1) is 38.9. The van der Waals surface area contributed by atoms with E-state index >= 15 is 8.78 Å². The number of H-pyrrole nitrogens is 1. The first-order chi connectivity index (χ1) is 28.1. The molecule has 3 aliphatic heterocycles. The second-order valence-electron chi connectivity index (χ2n) is 18.0. The lowest BCUT2D eigenvalue weighted by Gasteiger charge is -2.36. The number of nitrogens with zero attached hydrogens (tertiary/aromatic N) is 4. The highest BCUT2D eigenvalue weighted by atomic mass is 19.3. The summed E-state index contributed by atoms with van der Waals surface area (Å²) in [5.74, 6) is -2.72. The van der Waals surface area contributed by atoms with Crippen LogP contribution < -0.4 is 5.32 Å². The van der Waals surface area contributed by atoms with Crippen LogP contribution in [0.3, 0.4) is 0 Å². The molecule has 3 amide bonds. The Hall–Kier alpha value is -5.59. The van der Waals surface area contributed by atoms with Gasteiger partial charge in [-0.15, -0.1) is 0 Å². The number of nitrogens with one attached hydrogen (secondary N) is 2. The molecule has 2 aliphatic carbocycles. The van der Waals surface area contributed by atoms with E-state index in [2.05, 4.69) is 15.3 Å². The number of hydrogen-bond acceptors (Lipinski definition) is 7. The van der Waals surface area contributed by atoms with E-state index in [-0.39, 0.29) is 47.2 Å². The number of methoxy groups -OCH3 is 1. The Morgan fingerprint density at radius 2 is 1.64 bits per heavy atom. The van der Waals surface area contributed by atoms with Crippen molar-refractivity contribution >= 4 is 29.5 Å². The van der Waals surface area contributed by atoms with E-state index in [0.717, 1.165) is 48.2 Å². The van der Waals surface area contributed by atoms with Gasteiger partial charge in [0, 0.05) is 41.4 Å². The fraction of sp³-hybridized carbons (Fsp3) is 0.457. The summed E-state index contributed by atoms with van der Waals surface area (Å²) in [6.45, 7) is 9.88. The maximum atomic E-state index is 16.5. The fourth-order valence-electron chi connectivity index (χ4n) is 9.99. The predicted octanol–water partition coefficient (Wildman–Crippen LogP) is 9.32. The molecule has 0 radical (unpaired) electrons. The van der Waals surface area contributed by atoms with Crippen molar-refractivity contribution in [1.29, 1.82) is 0 Å². The Bertz CT molecular complexity index is 2400. The Balaban J connectivity index is 0.928. The number of rotatable bonds is 7. The number of alkyl carbamates (subject to hydrolysis) is 1. The minimum absolute atomic E-state index is 0.0414. The number of aliphatic imine (C=N–C) groups is 1. The lowest BCUT2D eigenvalue weighted by atomic mass is 9.91. The van der Waals surface area contributed by atoms with E-state index in [1.165, 1.54) is 13.2 Å². The average Bonchev–Trinajstić information content (AvgIpc) is 4.06. The van der Waals surface area contributed by atoms with Crippen LogP contribution in [0.4, 0.5) is 24.1 Å². The molecule has 4 aromatic rings. The van der Waals surface area contributed by atoms with Crippen LogP contribution in [0.25, 0.3) is 33.5 Å². The zero-order valence-corrected chi connectivity index (χ0v) is 34.3. The second kappa shape index (κ2) is 14.3. The largest absolute Gasteiger partial charge is 0.453 e. The first-order valence-corrected chi connectivity index (χ1v) is 20.7. The molecule has 5 aliphatic rings. The zero-order chi connectivity index (χ0) is 41.5. The van der Waals surface area contributed by atoms with Crippen LogP contribution in [0, 0.1) is 11.8 Å². The Labute approximate surface area is 342 Å². The maximum Gasteiger partial charge on any atom is 0.411 e. The third-order valence-electron chi connectivity index (χ3n) is 12.7. The molecule has 308 valence electrons. The number of ether oxygens (including phenoxy) is 2. The summed E-state index contributed by atoms with van der Waals surface area (Å²) in [7, 11) is 1.26. The number of hydrogen-bond donors (Lipinski definition) is 2. The molecule has 2 N–H and O–H groups in total. The summed E-state index contributed by atoms with van der Waals surface area (Å²) in [5.41, 5.74) is 5.77. The monoisotopic (exact) mass is 804 g/mol. The number of fused-ring (bicyclic) bond motifs is 6. The van der Waals surface area contributed by atoms with E-state index in [0.29, 0.717) is 59.1 Å². The van der Waals surface area contributed by atoms with Gasteiger partial charge in [-0.2, -0.15) is 8.78 Å². The van der Waals surface area contributed by atoms with Gasteiger partial charge in [0.25, 0.3) is 5.92 Å². The molecule has 2 saturated heterocycles. The van der Waals surface area contributed by atoms with Crippen molar-refractivity contribution < 1.29 is 32.6 Å². The Morgan fingerprint density at radius 3 is 2.36 bits per heavy atom. The number of piperidine rings is 1. The maximum absolute atomic E-state index is 16.5. The van der Waals surface area contributed by atoms with Gasteiger partial charge in [-0.1, -0.05) is 44.2 Å². The van der Waals surface area contributed by atoms with E-state index in [9.17, 15) is 14.4 Å². The van der Waals surface area contributed by atoms with Gasteiger partial charge in [-0.3, -0.25) is 14.7 Å². The van der Waals surface area contributed by atoms with E-state index in [4.69, 9.17) is 14.5 Å². The molecule has 2 bridgehead atoms. The highest BCUT2D eigenvalue weighted by molar-refractivity contribution is 6.00. The number of imidazole rings is 1. The number of benzene rings is 3. The van der Waals surface area contributed by atoms with Crippen molar-refractivity contribution in [3.63, 3.8) is 0 Å². The minimum Gasteiger partial charge on any atom is -0.453 e. The van der Waals surface area contributed by atoms with Gasteiger partial charge in [0.15, 0.2) is 0 Å². The first-order valence-electron chi connectivity index (χ1n) is 20.7. The molecule has 4 heterocycles. The molecule has 3 fully saturated rings. The molecule has 13 heteroatoms. The molecular weight excluding hydrogens is 755 g/mol. The Morgan fingerprint density at radius 1 is 0.949 bits per heavy atom. The summed E-state index contributed by atoms with van der Waals surface area (Å²) >= 11 is 0. The smallest absolute Gasteiger partial charge is 0.411 e. The standard InChI is InChI=1S/C46H50F2N6O5/c1-24(2)39(52-43(56)58-6)42(55)53-17-7-8-38(53)41-49-23-37(51-41)27-11-15-32-31-14-10-26(20-33(31)46(47,48)34(32)21-27)25-12-16-35-29(18-25)22-36(50-35)40-28-9-13-30(19-28)54(40)44(57)59-45(3,4)5/h10-12,14-16,18,20-21,23-24,28,30,38-40H,7-9,13,17,19,22H2,1-6H3,(H,49,51)(H,52,56)/t28-,30+,38-,39-,40-/m0/s1. The highest BCUT2D eigenvalue weighted by Crippen LogP contribution is 2.53. The number of aromatic amines is 1. The van der Waals surface area contributed by atoms with Gasteiger partial charge < -0.3 is 24.7 Å². The van der Waals surface area contributed by atoms with Crippen LogP contribution in [0.2, 0.25) is 0 Å². The molecule has 9 rings (SSSR count). The summed E-state index contributed by atoms with van der Waals surface area (Å²) in [4.78, 5) is 55.6. The van der Waals surface area contributed by atoms with Crippen LogP contribution >= 0.6 is 0 Å². The van der Waals surface area contributed by atoms with Gasteiger partial charge in [0.1, 0.15) is 17.5 Å². The van der Waals surface area contributed by atoms with Crippen LogP contribution in [0.1, 0.15) is 95.3 Å². The molecule has 1 aromatic heterocycles. The SMILES string of the molecule is COC(=O)N[C@H](C(=O)N1CCC[C@H]1c1ncc(-c2ccc3c(c2)C(F)(F)c2cc(-c4ccc5c(c4)CC([C@@H]4[C@H]6CC[C@H](C6)N4C(=O)OC(C)(C)C)=N5)ccc2-3)[nH]1)C(C)C. The molecular formula is C46H50F2N6O5. The molecule has 0 unspecified atom stereocenters. The number of carbonyl (C=O) groups excluding carboxylic acids is 3.